The SMILES string of the molecule is C=N/C(=C\C(C)=C/C)CCc1ccc(Cl)cc1Cl. The van der Waals surface area contributed by atoms with E-state index in [0.717, 1.165) is 24.1 Å². The van der Waals surface area contributed by atoms with Crippen molar-refractivity contribution in [3.63, 3.8) is 0 Å². The normalized spacial score (nSPS) is 12.7. The molecule has 0 N–H and O–H groups in total. The molecule has 0 saturated carbocycles. The van der Waals surface area contributed by atoms with Gasteiger partial charge in [0.2, 0.25) is 0 Å². The van der Waals surface area contributed by atoms with E-state index < -0.39 is 0 Å². The number of halogens is 2. The van der Waals surface area contributed by atoms with Gasteiger partial charge in [0.1, 0.15) is 0 Å². The van der Waals surface area contributed by atoms with Crippen LogP contribution in [0.1, 0.15) is 25.8 Å². The van der Waals surface area contributed by atoms with E-state index in [-0.39, 0.29) is 0 Å². The third-order valence-electron chi connectivity index (χ3n) is 2.72. The molecule has 0 atom stereocenters. The Kier molecular flexibility index (Phi) is 6.17. The predicted molar refractivity (Wildman–Crippen MR) is 81.8 cm³/mol. The number of hydrogen-bond acceptors (Lipinski definition) is 1. The van der Waals surface area contributed by atoms with Crippen LogP contribution in [0.4, 0.5) is 0 Å². The maximum Gasteiger partial charge on any atom is 0.0452 e. The number of aliphatic imine (C=N–C) groups is 1. The minimum absolute atomic E-state index is 0.658. The van der Waals surface area contributed by atoms with Crippen molar-refractivity contribution in [2.45, 2.75) is 26.7 Å². The summed E-state index contributed by atoms with van der Waals surface area (Å²) in [6, 6.07) is 5.57. The van der Waals surface area contributed by atoms with Gasteiger partial charge in [-0.15, -0.1) is 0 Å². The molecule has 1 rings (SSSR count). The summed E-state index contributed by atoms with van der Waals surface area (Å²) in [6.45, 7) is 7.64. The van der Waals surface area contributed by atoms with Crippen molar-refractivity contribution in [3.05, 3.63) is 57.2 Å². The fourth-order valence-corrected chi connectivity index (χ4v) is 2.03. The van der Waals surface area contributed by atoms with Crippen molar-refractivity contribution in [2.75, 3.05) is 0 Å². The molecular weight excluding hydrogens is 265 g/mol. The highest BCUT2D eigenvalue weighted by Crippen LogP contribution is 2.23. The number of hydrogen-bond donors (Lipinski definition) is 0. The van der Waals surface area contributed by atoms with E-state index in [4.69, 9.17) is 23.2 Å². The Balaban J connectivity index is 2.74. The molecule has 1 nitrogen and oxygen atoms in total. The highest BCUT2D eigenvalue weighted by Gasteiger charge is 2.03. The summed E-state index contributed by atoms with van der Waals surface area (Å²) in [6.07, 6.45) is 5.73. The van der Waals surface area contributed by atoms with Crippen LogP contribution in [0.2, 0.25) is 10.0 Å². The second-order valence-corrected chi connectivity index (χ2v) is 4.91. The van der Waals surface area contributed by atoms with Crippen molar-refractivity contribution >= 4 is 29.9 Å². The molecule has 0 aliphatic heterocycles. The smallest absolute Gasteiger partial charge is 0.0452 e. The molecule has 18 heavy (non-hydrogen) atoms. The zero-order valence-electron chi connectivity index (χ0n) is 10.7. The molecule has 0 saturated heterocycles. The number of aryl methyl sites for hydroxylation is 1. The van der Waals surface area contributed by atoms with Crippen molar-refractivity contribution in [1.82, 2.24) is 0 Å². The molecule has 0 bridgehead atoms. The Morgan fingerprint density at radius 3 is 2.67 bits per heavy atom. The maximum absolute atomic E-state index is 6.13. The van der Waals surface area contributed by atoms with Crippen molar-refractivity contribution in [1.29, 1.82) is 0 Å². The molecule has 0 aromatic heterocycles. The highest BCUT2D eigenvalue weighted by atomic mass is 35.5. The Bertz CT molecular complexity index is 487. The molecule has 0 heterocycles. The van der Waals surface area contributed by atoms with E-state index in [1.807, 2.05) is 38.1 Å². The van der Waals surface area contributed by atoms with Gasteiger partial charge in [0, 0.05) is 15.7 Å². The lowest BCUT2D eigenvalue weighted by Gasteiger charge is -2.05. The second kappa shape index (κ2) is 7.40. The number of rotatable bonds is 5. The highest BCUT2D eigenvalue weighted by molar-refractivity contribution is 6.35. The topological polar surface area (TPSA) is 12.4 Å². The van der Waals surface area contributed by atoms with Crippen LogP contribution in [0, 0.1) is 0 Å². The van der Waals surface area contributed by atoms with Gasteiger partial charge in [-0.2, -0.15) is 0 Å². The molecular formula is C15H17Cl2N. The minimum Gasteiger partial charge on any atom is -0.269 e. The van der Waals surface area contributed by atoms with Crippen LogP contribution in [0.15, 0.2) is 46.6 Å². The van der Waals surface area contributed by atoms with Crippen molar-refractivity contribution < 1.29 is 0 Å². The predicted octanol–water partition coefficient (Wildman–Crippen LogP) is 5.48. The molecule has 0 radical (unpaired) electrons. The van der Waals surface area contributed by atoms with Gasteiger partial charge in [-0.25, -0.2) is 0 Å². The molecule has 3 heteroatoms. The number of allylic oxidation sites excluding steroid dienone is 4. The third kappa shape index (κ3) is 4.67. The summed E-state index contributed by atoms with van der Waals surface area (Å²) in [5.41, 5.74) is 3.23. The summed E-state index contributed by atoms with van der Waals surface area (Å²) in [4.78, 5) is 4.04. The lowest BCUT2D eigenvalue weighted by atomic mass is 10.1. The Hall–Kier alpha value is -1.05. The van der Waals surface area contributed by atoms with E-state index in [1.54, 1.807) is 6.07 Å². The van der Waals surface area contributed by atoms with Gasteiger partial charge in [0.05, 0.1) is 0 Å². The van der Waals surface area contributed by atoms with Gasteiger partial charge in [0.25, 0.3) is 0 Å². The van der Waals surface area contributed by atoms with Gasteiger partial charge in [-0.05, 0) is 57.2 Å². The fourth-order valence-electron chi connectivity index (χ4n) is 1.53. The molecule has 0 fully saturated rings. The first-order chi connectivity index (χ1) is 8.56. The Labute approximate surface area is 119 Å². The van der Waals surface area contributed by atoms with Crippen molar-refractivity contribution in [3.8, 4) is 0 Å². The lowest BCUT2D eigenvalue weighted by Crippen LogP contribution is -1.89. The van der Waals surface area contributed by atoms with Gasteiger partial charge in [-0.3, -0.25) is 4.99 Å². The molecule has 1 aromatic rings. The first-order valence-electron chi connectivity index (χ1n) is 5.81. The number of benzene rings is 1. The summed E-state index contributed by atoms with van der Waals surface area (Å²) in [5.74, 6) is 0. The zero-order chi connectivity index (χ0) is 13.5. The quantitative estimate of drug-likeness (QED) is 0.501. The first kappa shape index (κ1) is 15.0. The van der Waals surface area contributed by atoms with E-state index in [1.165, 1.54) is 5.57 Å². The summed E-state index contributed by atoms with van der Waals surface area (Å²) < 4.78 is 0. The van der Waals surface area contributed by atoms with E-state index in [9.17, 15) is 0 Å². The van der Waals surface area contributed by atoms with Crippen LogP contribution in [0.25, 0.3) is 0 Å². The monoisotopic (exact) mass is 281 g/mol. The average molecular weight is 282 g/mol. The van der Waals surface area contributed by atoms with E-state index in [2.05, 4.69) is 11.7 Å². The average Bonchev–Trinajstić information content (AvgIpc) is 2.35. The molecule has 96 valence electrons. The summed E-state index contributed by atoms with van der Waals surface area (Å²) in [7, 11) is 0. The molecule has 0 aliphatic carbocycles. The van der Waals surface area contributed by atoms with Gasteiger partial charge < -0.3 is 0 Å². The second-order valence-electron chi connectivity index (χ2n) is 4.06. The van der Waals surface area contributed by atoms with Gasteiger partial charge in [0.15, 0.2) is 0 Å². The molecule has 1 aromatic carbocycles. The van der Waals surface area contributed by atoms with Crippen molar-refractivity contribution in [2.24, 2.45) is 4.99 Å². The minimum atomic E-state index is 0.658. The molecule has 0 unspecified atom stereocenters. The molecule has 0 spiro atoms. The van der Waals surface area contributed by atoms with Crippen LogP contribution < -0.4 is 0 Å². The summed E-state index contributed by atoms with van der Waals surface area (Å²) in [5, 5.41) is 1.36. The largest absolute Gasteiger partial charge is 0.269 e. The van der Waals surface area contributed by atoms with Crippen LogP contribution >= 0.6 is 23.2 Å². The lowest BCUT2D eigenvalue weighted by molar-refractivity contribution is 0.927. The van der Waals surface area contributed by atoms with Gasteiger partial charge >= 0.3 is 0 Å². The van der Waals surface area contributed by atoms with E-state index in [0.29, 0.717) is 10.0 Å². The zero-order valence-corrected chi connectivity index (χ0v) is 12.2. The third-order valence-corrected chi connectivity index (χ3v) is 3.31. The molecule has 0 amide bonds. The van der Waals surface area contributed by atoms with Crippen LogP contribution in [0.5, 0.6) is 0 Å². The Morgan fingerprint density at radius 2 is 2.11 bits per heavy atom. The Morgan fingerprint density at radius 1 is 1.39 bits per heavy atom. The van der Waals surface area contributed by atoms with E-state index >= 15 is 0 Å². The first-order valence-corrected chi connectivity index (χ1v) is 6.56. The van der Waals surface area contributed by atoms with Crippen LogP contribution in [0.3, 0.4) is 0 Å². The van der Waals surface area contributed by atoms with Crippen LogP contribution in [-0.4, -0.2) is 6.72 Å². The number of nitrogens with zero attached hydrogens (tertiary/aromatic N) is 1. The van der Waals surface area contributed by atoms with Gasteiger partial charge in [-0.1, -0.05) is 40.9 Å². The maximum atomic E-state index is 6.13. The fraction of sp³-hybridized carbons (Fsp3) is 0.267. The van der Waals surface area contributed by atoms with Crippen LogP contribution in [-0.2, 0) is 6.42 Å². The standard InChI is InChI=1S/C15H17Cl2N/c1-4-11(2)9-14(18-3)8-6-12-5-7-13(16)10-15(12)17/h4-5,7,9-10H,3,6,8H2,1-2H3/b11-4-,14-9-. The molecule has 0 aliphatic rings. The summed E-state index contributed by atoms with van der Waals surface area (Å²) >= 11 is 12.0.